The number of allylic oxidation sites excluding steroid dienone is 2. The first-order valence-corrected chi connectivity index (χ1v) is 8.85. The highest BCUT2D eigenvalue weighted by Crippen LogP contribution is 2.40. The molecule has 3 atom stereocenters. The molecule has 2 aliphatic heterocycles. The highest BCUT2D eigenvalue weighted by atomic mass is 32.2. The third-order valence-electron chi connectivity index (χ3n) is 4.39. The van der Waals surface area contributed by atoms with E-state index in [0.29, 0.717) is 5.75 Å². The predicted molar refractivity (Wildman–Crippen MR) is 91.1 cm³/mol. The summed E-state index contributed by atoms with van der Waals surface area (Å²) in [6.07, 6.45) is 8.41. The van der Waals surface area contributed by atoms with Gasteiger partial charge in [0.05, 0.1) is 18.9 Å². The molecule has 0 aromatic heterocycles. The number of thioether (sulfide) groups is 1. The van der Waals surface area contributed by atoms with Crippen LogP contribution >= 0.6 is 11.8 Å². The van der Waals surface area contributed by atoms with Gasteiger partial charge in [-0.2, -0.15) is 0 Å². The van der Waals surface area contributed by atoms with E-state index in [-0.39, 0.29) is 17.4 Å². The number of methoxy groups -OCH3 is 1. The Balaban J connectivity index is 1.69. The summed E-state index contributed by atoms with van der Waals surface area (Å²) in [6, 6.07) is -1.58. The first-order valence-electron chi connectivity index (χ1n) is 7.80. The number of carboxylic acids is 1. The molecule has 0 aromatic carbocycles. The van der Waals surface area contributed by atoms with Crippen LogP contribution in [0.15, 0.2) is 35.8 Å². The Morgan fingerprint density at radius 2 is 2.12 bits per heavy atom. The largest absolute Gasteiger partial charge is 0.498 e. The second kappa shape index (κ2) is 6.93. The number of amides is 2. The molecule has 0 aromatic rings. The topological polar surface area (TPSA) is 122 Å². The monoisotopic (exact) mass is 365 g/mol. The molecule has 0 bridgehead atoms. The van der Waals surface area contributed by atoms with Crippen LogP contribution in [0.25, 0.3) is 0 Å². The first kappa shape index (κ1) is 17.6. The van der Waals surface area contributed by atoms with Crippen LogP contribution in [-0.4, -0.2) is 58.1 Å². The molecule has 1 aliphatic carbocycles. The fourth-order valence-corrected chi connectivity index (χ4v) is 4.34. The van der Waals surface area contributed by atoms with Gasteiger partial charge >= 0.3 is 5.97 Å². The Morgan fingerprint density at radius 1 is 1.44 bits per heavy atom. The minimum atomic E-state index is -1.23. The number of carbonyl (C=O) groups is 3. The Hall–Kier alpha value is -2.26. The number of hydrogen-bond acceptors (Lipinski definition) is 6. The highest BCUT2D eigenvalue weighted by molar-refractivity contribution is 8.00. The van der Waals surface area contributed by atoms with Gasteiger partial charge < -0.3 is 20.9 Å². The number of β-lactam (4-membered cyclic amide) rings is 1. The summed E-state index contributed by atoms with van der Waals surface area (Å²) in [7, 11) is 1.37. The molecule has 134 valence electrons. The van der Waals surface area contributed by atoms with E-state index < -0.39 is 35.2 Å². The molecule has 0 radical (unpaired) electrons. The SMILES string of the molecule is COC1=C(C(=O)O)N2C(=O)[C@@H](NC(=O)C(N)C3C=CCC=C3)[C@H]2SC1. The molecule has 4 N–H and O–H groups in total. The fraction of sp³-hybridized carbons (Fsp3) is 0.438. The number of nitrogens with two attached hydrogens (primary N) is 1. The number of hydrogen-bond donors (Lipinski definition) is 3. The number of nitrogens with zero attached hydrogens (tertiary/aromatic N) is 1. The summed E-state index contributed by atoms with van der Waals surface area (Å²) < 4.78 is 5.06. The Kier molecular flexibility index (Phi) is 4.87. The van der Waals surface area contributed by atoms with Crippen LogP contribution in [0.1, 0.15) is 6.42 Å². The van der Waals surface area contributed by atoms with Crippen LogP contribution in [0.3, 0.4) is 0 Å². The van der Waals surface area contributed by atoms with Crippen LogP contribution in [0, 0.1) is 5.92 Å². The number of fused-ring (bicyclic) bond motifs is 1. The summed E-state index contributed by atoms with van der Waals surface area (Å²) in [6.45, 7) is 0. The lowest BCUT2D eigenvalue weighted by Crippen LogP contribution is -2.71. The number of nitrogens with one attached hydrogen (secondary N) is 1. The van der Waals surface area contributed by atoms with Gasteiger partial charge in [-0.15, -0.1) is 11.8 Å². The van der Waals surface area contributed by atoms with Crippen molar-refractivity contribution in [1.29, 1.82) is 0 Å². The highest BCUT2D eigenvalue weighted by Gasteiger charge is 2.55. The van der Waals surface area contributed by atoms with Crippen molar-refractivity contribution in [2.24, 2.45) is 11.7 Å². The molecule has 1 unspecified atom stereocenters. The van der Waals surface area contributed by atoms with Crippen molar-refractivity contribution in [3.8, 4) is 0 Å². The summed E-state index contributed by atoms with van der Waals surface area (Å²) >= 11 is 1.34. The maximum absolute atomic E-state index is 12.4. The van der Waals surface area contributed by atoms with E-state index in [4.69, 9.17) is 10.5 Å². The van der Waals surface area contributed by atoms with E-state index in [0.717, 1.165) is 11.3 Å². The normalized spacial score (nSPS) is 26.8. The lowest BCUT2D eigenvalue weighted by atomic mass is 9.94. The predicted octanol–water partition coefficient (Wildman–Crippen LogP) is -0.211. The van der Waals surface area contributed by atoms with Gasteiger partial charge in [-0.1, -0.05) is 24.3 Å². The molecule has 1 saturated heterocycles. The molecule has 0 spiro atoms. The van der Waals surface area contributed by atoms with Gasteiger partial charge in [0.1, 0.15) is 17.2 Å². The maximum Gasteiger partial charge on any atom is 0.356 e. The summed E-state index contributed by atoms with van der Waals surface area (Å²) in [5.74, 6) is -1.79. The Labute approximate surface area is 148 Å². The van der Waals surface area contributed by atoms with Gasteiger partial charge in [0.15, 0.2) is 5.70 Å². The van der Waals surface area contributed by atoms with Crippen molar-refractivity contribution in [3.63, 3.8) is 0 Å². The zero-order chi connectivity index (χ0) is 18.1. The summed E-state index contributed by atoms with van der Waals surface area (Å²) in [5, 5.41) is 11.5. The molecule has 0 saturated carbocycles. The van der Waals surface area contributed by atoms with Gasteiger partial charge in [-0.3, -0.25) is 14.5 Å². The van der Waals surface area contributed by atoms with Crippen molar-refractivity contribution < 1.29 is 24.2 Å². The molecular weight excluding hydrogens is 346 g/mol. The smallest absolute Gasteiger partial charge is 0.356 e. The Morgan fingerprint density at radius 3 is 2.72 bits per heavy atom. The van der Waals surface area contributed by atoms with E-state index in [1.165, 1.54) is 18.9 Å². The van der Waals surface area contributed by atoms with Crippen LogP contribution in [0.2, 0.25) is 0 Å². The number of aliphatic carboxylic acids is 1. The number of carbonyl (C=O) groups excluding carboxylic acids is 2. The average Bonchev–Trinajstić information content (AvgIpc) is 2.64. The van der Waals surface area contributed by atoms with E-state index >= 15 is 0 Å². The maximum atomic E-state index is 12.4. The van der Waals surface area contributed by atoms with Crippen LogP contribution in [-0.2, 0) is 19.1 Å². The standard InChI is InChI=1S/C16H19N3O5S/c1-24-9-7-25-15-11(14(21)19(15)12(9)16(22)23)18-13(20)10(17)8-5-3-2-4-6-8/h3-6,8,10-11,15H,2,7,17H2,1H3,(H,18,20)(H,22,23)/t10?,11-,15-/m1/s1. The van der Waals surface area contributed by atoms with Crippen molar-refractivity contribution >= 4 is 29.5 Å². The van der Waals surface area contributed by atoms with E-state index in [2.05, 4.69) is 5.32 Å². The van der Waals surface area contributed by atoms with Gasteiger partial charge in [0, 0.05) is 5.92 Å². The minimum Gasteiger partial charge on any atom is -0.498 e. The van der Waals surface area contributed by atoms with Gasteiger partial charge in [-0.25, -0.2) is 4.79 Å². The molecule has 3 aliphatic rings. The fourth-order valence-electron chi connectivity index (χ4n) is 3.02. The van der Waals surface area contributed by atoms with Crippen molar-refractivity contribution in [2.45, 2.75) is 23.9 Å². The van der Waals surface area contributed by atoms with E-state index in [9.17, 15) is 19.5 Å². The second-order valence-corrected chi connectivity index (χ2v) is 6.98. The summed E-state index contributed by atoms with van der Waals surface area (Å²) in [5.41, 5.74) is 5.82. The zero-order valence-corrected chi connectivity index (χ0v) is 14.4. The first-order chi connectivity index (χ1) is 12.0. The summed E-state index contributed by atoms with van der Waals surface area (Å²) in [4.78, 5) is 37.3. The van der Waals surface area contributed by atoms with Crippen molar-refractivity contribution in [1.82, 2.24) is 10.2 Å². The van der Waals surface area contributed by atoms with Crippen LogP contribution in [0.5, 0.6) is 0 Å². The van der Waals surface area contributed by atoms with E-state index in [1.807, 2.05) is 24.3 Å². The van der Waals surface area contributed by atoms with Gasteiger partial charge in [0.25, 0.3) is 5.91 Å². The van der Waals surface area contributed by atoms with Crippen LogP contribution in [0.4, 0.5) is 0 Å². The third kappa shape index (κ3) is 3.05. The van der Waals surface area contributed by atoms with Crippen molar-refractivity contribution in [3.05, 3.63) is 35.8 Å². The average molecular weight is 365 g/mol. The zero-order valence-electron chi connectivity index (χ0n) is 13.5. The number of rotatable bonds is 5. The van der Waals surface area contributed by atoms with E-state index in [1.54, 1.807) is 0 Å². The number of carboxylic acid groups (broad SMARTS) is 1. The molecule has 25 heavy (non-hydrogen) atoms. The van der Waals surface area contributed by atoms with Crippen LogP contribution < -0.4 is 11.1 Å². The van der Waals surface area contributed by atoms with Gasteiger partial charge in [-0.05, 0) is 6.42 Å². The second-order valence-electron chi connectivity index (χ2n) is 5.87. The van der Waals surface area contributed by atoms with Crippen molar-refractivity contribution in [2.75, 3.05) is 12.9 Å². The molecule has 9 heteroatoms. The lowest BCUT2D eigenvalue weighted by Gasteiger charge is -2.49. The molecule has 8 nitrogen and oxygen atoms in total. The third-order valence-corrected chi connectivity index (χ3v) is 5.64. The quantitative estimate of drug-likeness (QED) is 0.455. The van der Waals surface area contributed by atoms with Gasteiger partial charge in [0.2, 0.25) is 5.91 Å². The Bertz CT molecular complexity index is 690. The molecule has 1 fully saturated rings. The molecule has 2 amide bonds. The lowest BCUT2D eigenvalue weighted by molar-refractivity contribution is -0.151. The molecule has 3 rings (SSSR count). The minimum absolute atomic E-state index is 0.163. The molecule has 2 heterocycles. The molecular formula is C16H19N3O5S. The number of ether oxygens (including phenoxy) is 1.